The number of amides is 3. The Morgan fingerprint density at radius 3 is 2.47 bits per heavy atom. The second-order valence-electron chi connectivity index (χ2n) is 7.28. The summed E-state index contributed by atoms with van der Waals surface area (Å²) in [6, 6.07) is 12.8. The minimum absolute atomic E-state index is 0.00936. The lowest BCUT2D eigenvalue weighted by Gasteiger charge is -2.14. The van der Waals surface area contributed by atoms with Crippen LogP contribution in [0.2, 0.25) is 5.02 Å². The van der Waals surface area contributed by atoms with Crippen LogP contribution in [0.4, 0.5) is 5.69 Å². The lowest BCUT2D eigenvalue weighted by molar-refractivity contribution is -0.384. The number of hydrazine groups is 1. The number of carbonyl (C=O) groups excluding carboxylic acids is 3. The highest BCUT2D eigenvalue weighted by Crippen LogP contribution is 2.28. The topological polar surface area (TPSA) is 156 Å². The number of sulfonamides is 1. The van der Waals surface area contributed by atoms with Crippen molar-refractivity contribution in [3.05, 3.63) is 80.9 Å². The monoisotopic (exact) mass is 502 g/mol. The number of fused-ring (bicyclic) bond motifs is 2. The van der Waals surface area contributed by atoms with Gasteiger partial charge in [-0.3, -0.25) is 34.8 Å². The van der Waals surface area contributed by atoms with Crippen molar-refractivity contribution in [1.82, 2.24) is 15.2 Å². The summed E-state index contributed by atoms with van der Waals surface area (Å²) in [6.45, 7) is -0.352. The lowest BCUT2D eigenvalue weighted by Crippen LogP contribution is -2.43. The molecule has 0 spiro atoms. The van der Waals surface area contributed by atoms with Crippen LogP contribution in [0.25, 0.3) is 10.8 Å². The summed E-state index contributed by atoms with van der Waals surface area (Å²) < 4.78 is 25.1. The van der Waals surface area contributed by atoms with Crippen molar-refractivity contribution in [1.29, 1.82) is 0 Å². The number of non-ortho nitro benzene ring substituents is 1. The van der Waals surface area contributed by atoms with Crippen molar-refractivity contribution >= 4 is 55.8 Å². The maximum absolute atomic E-state index is 12.6. The SMILES string of the molecule is O=C(CCN1C(=O)c2ccc([N+](=O)[O-])cc2C1=O)NNS(=O)(=O)c1cc(Cl)c2ccccc2c1. The van der Waals surface area contributed by atoms with E-state index < -0.39 is 39.1 Å². The number of nitro benzene ring substituents is 1. The van der Waals surface area contributed by atoms with Crippen LogP contribution in [0.15, 0.2) is 59.5 Å². The average molecular weight is 503 g/mol. The van der Waals surface area contributed by atoms with E-state index in [9.17, 15) is 32.9 Å². The van der Waals surface area contributed by atoms with E-state index in [0.29, 0.717) is 10.8 Å². The van der Waals surface area contributed by atoms with Gasteiger partial charge in [-0.15, -0.1) is 4.83 Å². The third kappa shape index (κ3) is 4.33. The summed E-state index contributed by atoms with van der Waals surface area (Å²) in [5, 5.41) is 12.4. The second-order valence-corrected chi connectivity index (χ2v) is 9.37. The first-order valence-corrected chi connectivity index (χ1v) is 11.6. The van der Waals surface area contributed by atoms with Crippen LogP contribution < -0.4 is 10.3 Å². The molecule has 0 unspecified atom stereocenters. The first-order chi connectivity index (χ1) is 16.1. The van der Waals surface area contributed by atoms with Gasteiger partial charge in [0.15, 0.2) is 0 Å². The molecule has 2 N–H and O–H groups in total. The Morgan fingerprint density at radius 1 is 1.03 bits per heavy atom. The fourth-order valence-corrected chi connectivity index (χ4v) is 4.72. The number of nitro groups is 1. The Balaban J connectivity index is 1.39. The zero-order chi connectivity index (χ0) is 24.6. The van der Waals surface area contributed by atoms with Crippen LogP contribution in [0.5, 0.6) is 0 Å². The molecule has 3 amide bonds. The Bertz CT molecular complexity index is 1490. The summed E-state index contributed by atoms with van der Waals surface area (Å²) in [6.07, 6.45) is -0.408. The van der Waals surface area contributed by atoms with Gasteiger partial charge in [0.05, 0.1) is 20.9 Å². The lowest BCUT2D eigenvalue weighted by atomic mass is 10.1. The predicted molar refractivity (Wildman–Crippen MR) is 121 cm³/mol. The van der Waals surface area contributed by atoms with Gasteiger partial charge < -0.3 is 0 Å². The van der Waals surface area contributed by atoms with Crippen LogP contribution in [0.1, 0.15) is 27.1 Å². The largest absolute Gasteiger partial charge is 0.278 e. The molecule has 11 nitrogen and oxygen atoms in total. The molecule has 3 aromatic carbocycles. The molecule has 0 aromatic heterocycles. The van der Waals surface area contributed by atoms with Crippen LogP contribution in [0.3, 0.4) is 0 Å². The number of carbonyl (C=O) groups is 3. The van der Waals surface area contributed by atoms with Crippen molar-refractivity contribution in [3.63, 3.8) is 0 Å². The van der Waals surface area contributed by atoms with Crippen LogP contribution >= 0.6 is 11.6 Å². The minimum Gasteiger partial charge on any atom is -0.278 e. The normalized spacial score (nSPS) is 13.3. The van der Waals surface area contributed by atoms with E-state index in [0.717, 1.165) is 17.0 Å². The fraction of sp³-hybridized carbons (Fsp3) is 0.0952. The maximum atomic E-state index is 12.6. The maximum Gasteiger partial charge on any atom is 0.270 e. The van der Waals surface area contributed by atoms with Gasteiger partial charge in [-0.2, -0.15) is 0 Å². The number of halogens is 1. The smallest absolute Gasteiger partial charge is 0.270 e. The Hall–Kier alpha value is -3.87. The predicted octanol–water partition coefficient (Wildman–Crippen LogP) is 2.40. The van der Waals surface area contributed by atoms with Crippen molar-refractivity contribution in [3.8, 4) is 0 Å². The van der Waals surface area contributed by atoms with Crippen molar-refractivity contribution in [2.75, 3.05) is 6.54 Å². The zero-order valence-electron chi connectivity index (χ0n) is 17.1. The average Bonchev–Trinajstić information content (AvgIpc) is 3.05. The van der Waals surface area contributed by atoms with Crippen molar-refractivity contribution < 1.29 is 27.7 Å². The Morgan fingerprint density at radius 2 is 1.74 bits per heavy atom. The number of hydrogen-bond donors (Lipinski definition) is 2. The van der Waals surface area contributed by atoms with E-state index in [1.165, 1.54) is 18.2 Å². The summed E-state index contributed by atoms with van der Waals surface area (Å²) in [5.41, 5.74) is 1.54. The van der Waals surface area contributed by atoms with E-state index in [1.54, 1.807) is 24.3 Å². The molecule has 4 rings (SSSR count). The molecule has 0 saturated heterocycles. The van der Waals surface area contributed by atoms with Crippen molar-refractivity contribution in [2.24, 2.45) is 0 Å². The molecule has 174 valence electrons. The van der Waals surface area contributed by atoms with Crippen LogP contribution in [0, 0.1) is 10.1 Å². The Kier molecular flexibility index (Phi) is 6.04. The second kappa shape index (κ2) is 8.82. The third-order valence-electron chi connectivity index (χ3n) is 5.15. The molecule has 0 aliphatic carbocycles. The zero-order valence-corrected chi connectivity index (χ0v) is 18.7. The van der Waals surface area contributed by atoms with Gasteiger partial charge >= 0.3 is 0 Å². The van der Waals surface area contributed by atoms with Crippen LogP contribution in [-0.2, 0) is 14.8 Å². The van der Waals surface area contributed by atoms with Gasteiger partial charge in [-0.05, 0) is 23.6 Å². The van der Waals surface area contributed by atoms with Gasteiger partial charge in [0.2, 0.25) is 5.91 Å². The first-order valence-electron chi connectivity index (χ1n) is 9.72. The molecule has 0 bridgehead atoms. The number of hydrogen-bond acceptors (Lipinski definition) is 7. The summed E-state index contributed by atoms with van der Waals surface area (Å²) in [7, 11) is -4.16. The number of nitrogens with zero attached hydrogens (tertiary/aromatic N) is 2. The van der Waals surface area contributed by atoms with E-state index in [4.69, 9.17) is 11.6 Å². The number of rotatable bonds is 7. The molecule has 1 aliphatic heterocycles. The summed E-state index contributed by atoms with van der Waals surface area (Å²) in [5.74, 6) is -2.28. The van der Waals surface area contributed by atoms with Crippen molar-refractivity contribution in [2.45, 2.75) is 11.3 Å². The van der Waals surface area contributed by atoms with Gasteiger partial charge in [0.1, 0.15) is 0 Å². The van der Waals surface area contributed by atoms with E-state index in [2.05, 4.69) is 0 Å². The molecule has 34 heavy (non-hydrogen) atoms. The molecule has 0 saturated carbocycles. The standard InChI is InChI=1S/C21H15ClN4O7S/c22-18-11-14(9-12-3-1-2-4-15(12)18)34(32,33)24-23-19(27)7-8-25-20(28)16-6-5-13(26(30)31)10-17(16)21(25)29/h1-6,9-11,24H,7-8H2,(H,23,27). The molecule has 3 aromatic rings. The number of nitrogens with one attached hydrogen (secondary N) is 2. The molecular weight excluding hydrogens is 488 g/mol. The number of imide groups is 1. The molecule has 0 fully saturated rings. The van der Waals surface area contributed by atoms with Gasteiger partial charge in [0.25, 0.3) is 27.5 Å². The molecular formula is C21H15ClN4O7S. The fourth-order valence-electron chi connectivity index (χ4n) is 3.45. The Labute approximate surface area is 197 Å². The van der Waals surface area contributed by atoms with E-state index in [1.807, 2.05) is 10.3 Å². The van der Waals surface area contributed by atoms with E-state index >= 15 is 0 Å². The first kappa shape index (κ1) is 23.3. The summed E-state index contributed by atoms with van der Waals surface area (Å²) >= 11 is 6.16. The third-order valence-corrected chi connectivity index (χ3v) is 6.69. The number of benzene rings is 3. The van der Waals surface area contributed by atoms with Gasteiger partial charge in [0, 0.05) is 35.5 Å². The molecule has 13 heteroatoms. The van der Waals surface area contributed by atoms with Gasteiger partial charge in [-0.1, -0.05) is 35.9 Å². The minimum atomic E-state index is -4.16. The molecule has 0 atom stereocenters. The quantitative estimate of drug-likeness (QED) is 0.285. The highest BCUT2D eigenvalue weighted by atomic mass is 35.5. The van der Waals surface area contributed by atoms with Crippen LogP contribution in [-0.4, -0.2) is 42.5 Å². The molecule has 1 aliphatic rings. The molecule has 1 heterocycles. The van der Waals surface area contributed by atoms with Gasteiger partial charge in [-0.25, -0.2) is 8.42 Å². The highest BCUT2D eigenvalue weighted by Gasteiger charge is 2.36. The summed E-state index contributed by atoms with van der Waals surface area (Å²) in [4.78, 5) is 49.8. The van der Waals surface area contributed by atoms with E-state index in [-0.39, 0.29) is 33.3 Å². The highest BCUT2D eigenvalue weighted by molar-refractivity contribution is 7.89. The molecule has 0 radical (unpaired) electrons.